The third kappa shape index (κ3) is 4.93. The van der Waals surface area contributed by atoms with Gasteiger partial charge in [-0.1, -0.05) is 13.8 Å². The standard InChI is InChI=1S/C20H33N5O/c1-14(2)18-13-25(9-5-8-24(18)12-16-6-7-16)19(26)17-10-21-20(22-11-17)23-15(3)4/h10-11,14-16,18H,5-9,12-13H2,1-4H3,(H,21,22,23)/t18-/m1/s1. The second-order valence-electron chi connectivity index (χ2n) is 8.45. The van der Waals surface area contributed by atoms with Crippen molar-refractivity contribution in [2.45, 2.75) is 59.0 Å². The van der Waals surface area contributed by atoms with Gasteiger partial charge in [-0.2, -0.15) is 0 Å². The second kappa shape index (κ2) is 8.33. The minimum atomic E-state index is 0.0556. The van der Waals surface area contributed by atoms with E-state index in [9.17, 15) is 4.79 Å². The largest absolute Gasteiger partial charge is 0.352 e. The molecular weight excluding hydrogens is 326 g/mol. The number of carbonyl (C=O) groups is 1. The van der Waals surface area contributed by atoms with Gasteiger partial charge in [-0.25, -0.2) is 9.97 Å². The minimum Gasteiger partial charge on any atom is -0.352 e. The molecular formula is C20H33N5O. The summed E-state index contributed by atoms with van der Waals surface area (Å²) in [5.74, 6) is 2.05. The van der Waals surface area contributed by atoms with Crippen molar-refractivity contribution in [3.8, 4) is 0 Å². The van der Waals surface area contributed by atoms with Gasteiger partial charge in [0.1, 0.15) is 0 Å². The van der Waals surface area contributed by atoms with Crippen LogP contribution in [0.25, 0.3) is 0 Å². The molecule has 1 aromatic rings. The predicted molar refractivity (Wildman–Crippen MR) is 104 cm³/mol. The van der Waals surface area contributed by atoms with Gasteiger partial charge in [-0.15, -0.1) is 0 Å². The molecule has 1 N–H and O–H groups in total. The predicted octanol–water partition coefficient (Wildman–Crippen LogP) is 2.88. The molecule has 0 unspecified atom stereocenters. The molecule has 6 nitrogen and oxygen atoms in total. The van der Waals surface area contributed by atoms with Crippen LogP contribution in [0.15, 0.2) is 12.4 Å². The molecule has 6 heteroatoms. The highest BCUT2D eigenvalue weighted by Gasteiger charge is 2.33. The zero-order valence-corrected chi connectivity index (χ0v) is 16.6. The first-order valence-electron chi connectivity index (χ1n) is 10.1. The molecule has 1 amide bonds. The Morgan fingerprint density at radius 2 is 1.88 bits per heavy atom. The zero-order valence-electron chi connectivity index (χ0n) is 16.6. The third-order valence-electron chi connectivity index (χ3n) is 5.31. The van der Waals surface area contributed by atoms with Crippen molar-refractivity contribution in [2.75, 3.05) is 31.5 Å². The van der Waals surface area contributed by atoms with Crippen LogP contribution < -0.4 is 5.32 Å². The van der Waals surface area contributed by atoms with Crippen molar-refractivity contribution in [1.82, 2.24) is 19.8 Å². The van der Waals surface area contributed by atoms with E-state index >= 15 is 0 Å². The smallest absolute Gasteiger partial charge is 0.257 e. The summed E-state index contributed by atoms with van der Waals surface area (Å²) in [5, 5.41) is 3.16. The summed E-state index contributed by atoms with van der Waals surface area (Å²) in [6.07, 6.45) is 7.08. The van der Waals surface area contributed by atoms with Gasteiger partial charge >= 0.3 is 0 Å². The number of rotatable bonds is 6. The van der Waals surface area contributed by atoms with Gasteiger partial charge in [0, 0.05) is 50.7 Å². The molecule has 0 radical (unpaired) electrons. The Morgan fingerprint density at radius 3 is 2.46 bits per heavy atom. The van der Waals surface area contributed by atoms with Crippen molar-refractivity contribution >= 4 is 11.9 Å². The van der Waals surface area contributed by atoms with Crippen LogP contribution in [0.1, 0.15) is 57.3 Å². The fourth-order valence-electron chi connectivity index (χ4n) is 3.69. The highest BCUT2D eigenvalue weighted by atomic mass is 16.2. The molecule has 1 atom stereocenters. The van der Waals surface area contributed by atoms with E-state index in [1.165, 1.54) is 19.4 Å². The molecule has 26 heavy (non-hydrogen) atoms. The summed E-state index contributed by atoms with van der Waals surface area (Å²) in [5.41, 5.74) is 0.581. The zero-order chi connectivity index (χ0) is 18.7. The Morgan fingerprint density at radius 1 is 1.19 bits per heavy atom. The normalized spacial score (nSPS) is 21.9. The summed E-state index contributed by atoms with van der Waals surface area (Å²) in [7, 11) is 0. The van der Waals surface area contributed by atoms with Crippen LogP contribution in [0.3, 0.4) is 0 Å². The molecule has 1 saturated carbocycles. The first-order chi connectivity index (χ1) is 12.4. The van der Waals surface area contributed by atoms with E-state index in [1.54, 1.807) is 12.4 Å². The lowest BCUT2D eigenvalue weighted by Gasteiger charge is -2.34. The maximum Gasteiger partial charge on any atom is 0.257 e. The lowest BCUT2D eigenvalue weighted by Crippen LogP contribution is -2.46. The van der Waals surface area contributed by atoms with Gasteiger partial charge in [0.15, 0.2) is 0 Å². The van der Waals surface area contributed by atoms with Gasteiger partial charge in [0.25, 0.3) is 5.91 Å². The van der Waals surface area contributed by atoms with Gasteiger partial charge in [0.2, 0.25) is 5.95 Å². The Hall–Kier alpha value is -1.69. The fraction of sp³-hybridized carbons (Fsp3) is 0.750. The van der Waals surface area contributed by atoms with Crippen LogP contribution in [0, 0.1) is 11.8 Å². The van der Waals surface area contributed by atoms with E-state index in [0.717, 1.165) is 32.0 Å². The summed E-state index contributed by atoms with van der Waals surface area (Å²) in [6, 6.07) is 0.705. The number of hydrogen-bond donors (Lipinski definition) is 1. The van der Waals surface area contributed by atoms with E-state index < -0.39 is 0 Å². The maximum absolute atomic E-state index is 13.0. The quantitative estimate of drug-likeness (QED) is 0.846. The highest BCUT2D eigenvalue weighted by molar-refractivity contribution is 5.93. The average molecular weight is 360 g/mol. The van der Waals surface area contributed by atoms with E-state index in [0.29, 0.717) is 23.5 Å². The number of nitrogens with zero attached hydrogens (tertiary/aromatic N) is 4. The first-order valence-corrected chi connectivity index (χ1v) is 10.1. The third-order valence-corrected chi connectivity index (χ3v) is 5.31. The van der Waals surface area contributed by atoms with Crippen molar-refractivity contribution in [1.29, 1.82) is 0 Å². The van der Waals surface area contributed by atoms with E-state index in [-0.39, 0.29) is 11.9 Å². The van der Waals surface area contributed by atoms with Gasteiger partial charge in [-0.05, 0) is 44.9 Å². The van der Waals surface area contributed by atoms with Crippen molar-refractivity contribution < 1.29 is 4.79 Å². The molecule has 1 saturated heterocycles. The molecule has 1 aromatic heterocycles. The molecule has 1 aliphatic carbocycles. The molecule has 1 aliphatic heterocycles. The Kier molecular flexibility index (Phi) is 6.12. The summed E-state index contributed by atoms with van der Waals surface area (Å²) < 4.78 is 0. The van der Waals surface area contributed by atoms with E-state index in [4.69, 9.17) is 0 Å². The van der Waals surface area contributed by atoms with Crippen LogP contribution in [0.2, 0.25) is 0 Å². The van der Waals surface area contributed by atoms with Gasteiger partial charge in [-0.3, -0.25) is 9.69 Å². The molecule has 144 valence electrons. The van der Waals surface area contributed by atoms with Crippen LogP contribution in [0.5, 0.6) is 0 Å². The molecule has 0 aromatic carbocycles. The fourth-order valence-corrected chi connectivity index (χ4v) is 3.69. The van der Waals surface area contributed by atoms with Gasteiger partial charge < -0.3 is 10.2 Å². The van der Waals surface area contributed by atoms with Gasteiger partial charge in [0.05, 0.1) is 5.56 Å². The Balaban J connectivity index is 1.67. The lowest BCUT2D eigenvalue weighted by atomic mass is 10.0. The lowest BCUT2D eigenvalue weighted by molar-refractivity contribution is 0.0703. The van der Waals surface area contributed by atoms with E-state index in [2.05, 4.69) is 34.0 Å². The number of aromatic nitrogens is 2. The Bertz CT molecular complexity index is 597. The average Bonchev–Trinajstić information content (AvgIpc) is 3.42. The molecule has 2 fully saturated rings. The number of anilines is 1. The minimum absolute atomic E-state index is 0.0556. The second-order valence-corrected chi connectivity index (χ2v) is 8.45. The van der Waals surface area contributed by atoms with Crippen LogP contribution in [-0.2, 0) is 0 Å². The molecule has 0 bridgehead atoms. The summed E-state index contributed by atoms with van der Waals surface area (Å²) in [6.45, 7) is 12.5. The molecule has 2 aliphatic rings. The molecule has 2 heterocycles. The topological polar surface area (TPSA) is 61.4 Å². The van der Waals surface area contributed by atoms with Crippen molar-refractivity contribution in [3.63, 3.8) is 0 Å². The number of hydrogen-bond acceptors (Lipinski definition) is 5. The summed E-state index contributed by atoms with van der Waals surface area (Å²) >= 11 is 0. The first kappa shape index (κ1) is 19.1. The van der Waals surface area contributed by atoms with E-state index in [1.807, 2.05) is 18.7 Å². The highest BCUT2D eigenvalue weighted by Crippen LogP contribution is 2.32. The van der Waals surface area contributed by atoms with Crippen molar-refractivity contribution in [2.24, 2.45) is 11.8 Å². The van der Waals surface area contributed by atoms with Crippen LogP contribution >= 0.6 is 0 Å². The van der Waals surface area contributed by atoms with Crippen molar-refractivity contribution in [3.05, 3.63) is 18.0 Å². The molecule has 3 rings (SSSR count). The number of nitrogens with one attached hydrogen (secondary N) is 1. The number of amides is 1. The monoisotopic (exact) mass is 359 g/mol. The summed E-state index contributed by atoms with van der Waals surface area (Å²) in [4.78, 5) is 26.2. The maximum atomic E-state index is 13.0. The molecule has 0 spiro atoms. The van der Waals surface area contributed by atoms with Crippen LogP contribution in [-0.4, -0.2) is 63.9 Å². The van der Waals surface area contributed by atoms with Crippen LogP contribution in [0.4, 0.5) is 5.95 Å². The number of carbonyl (C=O) groups excluding carboxylic acids is 1. The Labute approximate surface area is 157 Å². The SMILES string of the molecule is CC(C)Nc1ncc(C(=O)N2CCCN(CC3CC3)[C@@H](C(C)C)C2)cn1.